The number of hydrogen-bond acceptors (Lipinski definition) is 3. The molecule has 0 unspecified atom stereocenters. The molecule has 1 N–H and O–H groups in total. The molecule has 1 heterocycles. The lowest BCUT2D eigenvalue weighted by Crippen LogP contribution is -1.90. The maximum Gasteiger partial charge on any atom is 0.123 e. The minimum Gasteiger partial charge on any atom is -0.497 e. The highest BCUT2D eigenvalue weighted by molar-refractivity contribution is 7.71. The van der Waals surface area contributed by atoms with Crippen LogP contribution in [0.3, 0.4) is 0 Å². The first kappa shape index (κ1) is 11.7. The lowest BCUT2D eigenvalue weighted by molar-refractivity contribution is 0.394. The van der Waals surface area contributed by atoms with Gasteiger partial charge in [-0.2, -0.15) is 0 Å². The molecule has 0 fully saturated rings. The van der Waals surface area contributed by atoms with Crippen LogP contribution in [0.1, 0.15) is 0 Å². The second-order valence-corrected chi connectivity index (χ2v) is 3.97. The third-order valence-electron chi connectivity index (χ3n) is 2.43. The number of nitrogens with one attached hydrogen (secondary N) is 1. The summed E-state index contributed by atoms with van der Waals surface area (Å²) in [5.41, 5.74) is 1.92. The number of aromatic nitrogens is 1. The van der Waals surface area contributed by atoms with E-state index in [0.717, 1.165) is 22.8 Å². The summed E-state index contributed by atoms with van der Waals surface area (Å²) in [4.78, 5) is 3.13. The van der Waals surface area contributed by atoms with E-state index in [4.69, 9.17) is 21.7 Å². The summed E-state index contributed by atoms with van der Waals surface area (Å²) in [5.74, 6) is 1.50. The Morgan fingerprint density at radius 2 is 1.65 bits per heavy atom. The Labute approximate surface area is 105 Å². The van der Waals surface area contributed by atoms with Gasteiger partial charge in [0.1, 0.15) is 16.1 Å². The Kier molecular flexibility index (Phi) is 3.44. The second kappa shape index (κ2) is 5.01. The van der Waals surface area contributed by atoms with Crippen molar-refractivity contribution in [3.8, 4) is 22.8 Å². The van der Waals surface area contributed by atoms with Gasteiger partial charge in [0.05, 0.1) is 14.2 Å². The number of H-pyrrole nitrogens is 1. The molecule has 1 aromatic carbocycles. The molecule has 0 atom stereocenters. The van der Waals surface area contributed by atoms with E-state index in [2.05, 4.69) is 4.98 Å². The van der Waals surface area contributed by atoms with Gasteiger partial charge in [0.25, 0.3) is 0 Å². The Morgan fingerprint density at radius 1 is 1.00 bits per heavy atom. The van der Waals surface area contributed by atoms with Gasteiger partial charge in [0, 0.05) is 17.3 Å². The smallest absolute Gasteiger partial charge is 0.123 e. The van der Waals surface area contributed by atoms with Crippen LogP contribution in [0.15, 0.2) is 36.4 Å². The van der Waals surface area contributed by atoms with E-state index in [0.29, 0.717) is 4.64 Å². The zero-order valence-electron chi connectivity index (χ0n) is 9.69. The molecule has 1 aromatic heterocycles. The molecule has 0 saturated heterocycles. The van der Waals surface area contributed by atoms with Gasteiger partial charge < -0.3 is 14.5 Å². The number of ether oxygens (including phenoxy) is 2. The van der Waals surface area contributed by atoms with Crippen LogP contribution in [0.4, 0.5) is 0 Å². The first-order valence-electron chi connectivity index (χ1n) is 5.15. The third kappa shape index (κ3) is 2.65. The molecule has 0 spiro atoms. The van der Waals surface area contributed by atoms with Crippen molar-refractivity contribution in [2.75, 3.05) is 14.2 Å². The predicted molar refractivity (Wildman–Crippen MR) is 70.2 cm³/mol. The van der Waals surface area contributed by atoms with E-state index >= 15 is 0 Å². The molecule has 0 amide bonds. The minimum atomic E-state index is 0.698. The predicted octanol–water partition coefficient (Wildman–Crippen LogP) is 3.43. The highest BCUT2D eigenvalue weighted by Crippen LogP contribution is 2.28. The Bertz CT molecular complexity index is 555. The maximum atomic E-state index is 5.23. The minimum absolute atomic E-state index is 0.698. The van der Waals surface area contributed by atoms with Crippen molar-refractivity contribution >= 4 is 12.2 Å². The van der Waals surface area contributed by atoms with Crippen LogP contribution in [-0.2, 0) is 0 Å². The summed E-state index contributed by atoms with van der Waals surface area (Å²) >= 11 is 5.10. The molecule has 2 aromatic rings. The van der Waals surface area contributed by atoms with Crippen LogP contribution < -0.4 is 9.47 Å². The van der Waals surface area contributed by atoms with Crippen LogP contribution in [0, 0.1) is 4.64 Å². The fourth-order valence-electron chi connectivity index (χ4n) is 1.58. The maximum absolute atomic E-state index is 5.23. The molecular weight excluding hydrogens is 234 g/mol. The zero-order chi connectivity index (χ0) is 12.3. The van der Waals surface area contributed by atoms with E-state index in [1.165, 1.54) is 0 Å². The number of aromatic amines is 1. The van der Waals surface area contributed by atoms with E-state index in [-0.39, 0.29) is 0 Å². The van der Waals surface area contributed by atoms with Gasteiger partial charge in [-0.25, -0.2) is 0 Å². The Hall–Kier alpha value is -1.81. The van der Waals surface area contributed by atoms with Gasteiger partial charge in [0.15, 0.2) is 0 Å². The van der Waals surface area contributed by atoms with Crippen LogP contribution in [0.2, 0.25) is 0 Å². The molecule has 0 aliphatic rings. The van der Waals surface area contributed by atoms with Gasteiger partial charge in [-0.05, 0) is 24.3 Å². The number of benzene rings is 1. The average molecular weight is 247 g/mol. The van der Waals surface area contributed by atoms with Crippen molar-refractivity contribution in [2.24, 2.45) is 0 Å². The molecule has 0 aliphatic carbocycles. The lowest BCUT2D eigenvalue weighted by atomic mass is 10.1. The van der Waals surface area contributed by atoms with Crippen molar-refractivity contribution in [3.63, 3.8) is 0 Å². The molecule has 17 heavy (non-hydrogen) atoms. The summed E-state index contributed by atoms with van der Waals surface area (Å²) in [7, 11) is 3.26. The topological polar surface area (TPSA) is 34.2 Å². The molecule has 0 saturated carbocycles. The molecule has 3 nitrogen and oxygen atoms in total. The second-order valence-electron chi connectivity index (χ2n) is 3.53. The van der Waals surface area contributed by atoms with Crippen molar-refractivity contribution in [1.29, 1.82) is 0 Å². The summed E-state index contributed by atoms with van der Waals surface area (Å²) in [6, 6.07) is 11.4. The largest absolute Gasteiger partial charge is 0.497 e. The number of hydrogen-bond donors (Lipinski definition) is 1. The third-order valence-corrected chi connectivity index (χ3v) is 2.67. The van der Waals surface area contributed by atoms with Crippen molar-refractivity contribution in [2.45, 2.75) is 0 Å². The van der Waals surface area contributed by atoms with E-state index in [1.807, 2.05) is 36.4 Å². The zero-order valence-corrected chi connectivity index (χ0v) is 10.5. The van der Waals surface area contributed by atoms with E-state index in [9.17, 15) is 0 Å². The molecule has 0 radical (unpaired) electrons. The van der Waals surface area contributed by atoms with Crippen LogP contribution in [0.5, 0.6) is 11.5 Å². The Morgan fingerprint density at radius 3 is 2.18 bits per heavy atom. The highest BCUT2D eigenvalue weighted by atomic mass is 32.1. The summed E-state index contributed by atoms with van der Waals surface area (Å²) in [6.07, 6.45) is 0. The Balaban J connectivity index is 2.54. The van der Waals surface area contributed by atoms with Crippen LogP contribution >= 0.6 is 12.2 Å². The first-order valence-corrected chi connectivity index (χ1v) is 5.56. The van der Waals surface area contributed by atoms with Crippen LogP contribution in [-0.4, -0.2) is 19.2 Å². The standard InChI is InChI=1S/C13H13NO2S/c1-15-10-6-9(7-11(8-10)16-2)12-4-3-5-13(17)14-12/h3-8H,1-2H3,(H,14,17). The molecule has 2 rings (SSSR count). The number of rotatable bonds is 3. The summed E-state index contributed by atoms with van der Waals surface area (Å²) in [6.45, 7) is 0. The lowest BCUT2D eigenvalue weighted by Gasteiger charge is -2.08. The van der Waals surface area contributed by atoms with Crippen molar-refractivity contribution < 1.29 is 9.47 Å². The van der Waals surface area contributed by atoms with Gasteiger partial charge in [-0.3, -0.25) is 0 Å². The van der Waals surface area contributed by atoms with E-state index < -0.39 is 0 Å². The SMILES string of the molecule is COc1cc(OC)cc(-c2cccc(=S)[nH]2)c1. The summed E-state index contributed by atoms with van der Waals surface area (Å²) in [5, 5.41) is 0. The van der Waals surface area contributed by atoms with Gasteiger partial charge in [-0.15, -0.1) is 0 Å². The fourth-order valence-corrected chi connectivity index (χ4v) is 1.77. The van der Waals surface area contributed by atoms with E-state index in [1.54, 1.807) is 14.2 Å². The molecular formula is C13H13NO2S. The molecule has 0 bridgehead atoms. The van der Waals surface area contributed by atoms with Crippen molar-refractivity contribution in [1.82, 2.24) is 4.98 Å². The van der Waals surface area contributed by atoms with Crippen LogP contribution in [0.25, 0.3) is 11.3 Å². The number of methoxy groups -OCH3 is 2. The normalized spacial score (nSPS) is 10.0. The van der Waals surface area contributed by atoms with Crippen molar-refractivity contribution in [3.05, 3.63) is 41.0 Å². The highest BCUT2D eigenvalue weighted by Gasteiger charge is 2.04. The monoisotopic (exact) mass is 247 g/mol. The quantitative estimate of drug-likeness (QED) is 0.844. The summed E-state index contributed by atoms with van der Waals surface area (Å²) < 4.78 is 11.2. The first-order chi connectivity index (χ1) is 8.22. The molecule has 88 valence electrons. The van der Waals surface area contributed by atoms with Gasteiger partial charge >= 0.3 is 0 Å². The van der Waals surface area contributed by atoms with Gasteiger partial charge in [0.2, 0.25) is 0 Å². The average Bonchev–Trinajstić information content (AvgIpc) is 2.38. The molecule has 0 aliphatic heterocycles. The molecule has 4 heteroatoms. The fraction of sp³-hybridized carbons (Fsp3) is 0.154. The van der Waals surface area contributed by atoms with Gasteiger partial charge in [-0.1, -0.05) is 18.3 Å². The number of pyridine rings is 1.